The molecule has 1 N–H and O–H groups in total. The molecule has 0 spiro atoms. The highest BCUT2D eigenvalue weighted by Gasteiger charge is 2.45. The van der Waals surface area contributed by atoms with Gasteiger partial charge < -0.3 is 9.53 Å². The first-order valence-electron chi connectivity index (χ1n) is 15.5. The van der Waals surface area contributed by atoms with Crippen LogP contribution in [0, 0.1) is 5.41 Å². The summed E-state index contributed by atoms with van der Waals surface area (Å²) in [6, 6.07) is 8.60. The molecule has 2 aliphatic carbocycles. The molecule has 2 aliphatic rings. The standard InChI is InChI=1S/C36H55NO2Si/c1-23(2)32-31(33(38)25-17-19-26(20-18-25)34(3,4)5)29(24-15-13-14-16-24)30-27(37-32)21-36(9,10)22-28(30)39-40(11,12)35(6,7)8/h15,17-20,23,28,33,38H,13-14,16,21-22H2,1-12H3/t28-,33?/m1/s1. The summed E-state index contributed by atoms with van der Waals surface area (Å²) in [5.74, 6) is 0.203. The molecule has 1 aromatic carbocycles. The minimum absolute atomic E-state index is 0.0147. The highest BCUT2D eigenvalue weighted by Crippen LogP contribution is 2.52. The number of aromatic nitrogens is 1. The molecule has 2 aromatic rings. The average molecular weight is 562 g/mol. The van der Waals surface area contributed by atoms with Gasteiger partial charge in [-0.1, -0.05) is 99.6 Å². The van der Waals surface area contributed by atoms with Gasteiger partial charge in [-0.2, -0.15) is 0 Å². The quantitative estimate of drug-likeness (QED) is 0.357. The maximum Gasteiger partial charge on any atom is 0.192 e. The third kappa shape index (κ3) is 6.20. The van der Waals surface area contributed by atoms with Crippen LogP contribution in [-0.4, -0.2) is 18.4 Å². The molecular weight excluding hydrogens is 506 g/mol. The number of nitrogens with zero attached hydrogens (tertiary/aromatic N) is 1. The van der Waals surface area contributed by atoms with E-state index < -0.39 is 14.4 Å². The van der Waals surface area contributed by atoms with E-state index in [0.717, 1.165) is 42.5 Å². The minimum atomic E-state index is -2.06. The van der Waals surface area contributed by atoms with Crippen molar-refractivity contribution < 1.29 is 9.53 Å². The Morgan fingerprint density at radius 2 is 1.65 bits per heavy atom. The Kier molecular flexibility index (Phi) is 8.44. The maximum absolute atomic E-state index is 12.2. The van der Waals surface area contributed by atoms with E-state index in [4.69, 9.17) is 9.41 Å². The van der Waals surface area contributed by atoms with Gasteiger partial charge in [0, 0.05) is 22.5 Å². The molecule has 0 saturated carbocycles. The van der Waals surface area contributed by atoms with Crippen LogP contribution in [0.3, 0.4) is 0 Å². The molecule has 40 heavy (non-hydrogen) atoms. The van der Waals surface area contributed by atoms with Gasteiger partial charge in [0.25, 0.3) is 0 Å². The Hall–Kier alpha value is -1.75. The van der Waals surface area contributed by atoms with Crippen molar-refractivity contribution in [3.63, 3.8) is 0 Å². The number of hydrogen-bond acceptors (Lipinski definition) is 3. The van der Waals surface area contributed by atoms with Gasteiger partial charge in [0.15, 0.2) is 8.32 Å². The van der Waals surface area contributed by atoms with Crippen molar-refractivity contribution >= 4 is 13.9 Å². The second-order valence-electron chi connectivity index (χ2n) is 16.1. The summed E-state index contributed by atoms with van der Waals surface area (Å²) >= 11 is 0. The predicted octanol–water partition coefficient (Wildman–Crippen LogP) is 10.2. The fourth-order valence-electron chi connectivity index (χ4n) is 6.22. The van der Waals surface area contributed by atoms with Crippen LogP contribution in [0.15, 0.2) is 30.3 Å². The zero-order valence-corrected chi connectivity index (χ0v) is 28.5. The van der Waals surface area contributed by atoms with Crippen LogP contribution in [0.2, 0.25) is 18.1 Å². The van der Waals surface area contributed by atoms with E-state index in [1.54, 1.807) is 0 Å². The zero-order valence-electron chi connectivity index (χ0n) is 27.5. The second-order valence-corrected chi connectivity index (χ2v) is 20.9. The summed E-state index contributed by atoms with van der Waals surface area (Å²) in [5.41, 5.74) is 9.52. The molecule has 220 valence electrons. The number of hydrogen-bond donors (Lipinski definition) is 1. The number of pyridine rings is 1. The lowest BCUT2D eigenvalue weighted by Gasteiger charge is -2.45. The maximum atomic E-state index is 12.2. The SMILES string of the molecule is CC(C)c1nc2c(c(C3=CCCC3)c1C(O)c1ccc(C(C)(C)C)cc1)[C@H](O[Si](C)(C)C(C)(C)C)CC(C)(C)C2. The number of allylic oxidation sites excluding steroid dienone is 2. The molecule has 0 amide bonds. The van der Waals surface area contributed by atoms with Gasteiger partial charge in [-0.25, -0.2) is 0 Å². The van der Waals surface area contributed by atoms with Crippen LogP contribution in [0.4, 0.5) is 0 Å². The Labute approximate surface area is 246 Å². The first-order valence-corrected chi connectivity index (χ1v) is 18.5. The Morgan fingerprint density at radius 3 is 2.15 bits per heavy atom. The van der Waals surface area contributed by atoms with Gasteiger partial charge in [-0.3, -0.25) is 4.98 Å². The Bertz CT molecular complexity index is 1260. The monoisotopic (exact) mass is 561 g/mol. The molecule has 1 heterocycles. The number of rotatable bonds is 6. The van der Waals surface area contributed by atoms with Crippen molar-refractivity contribution in [2.75, 3.05) is 0 Å². The largest absolute Gasteiger partial charge is 0.410 e. The summed E-state index contributed by atoms with van der Waals surface area (Å²) in [6.45, 7) is 27.6. The van der Waals surface area contributed by atoms with E-state index in [1.807, 2.05) is 0 Å². The van der Waals surface area contributed by atoms with E-state index >= 15 is 0 Å². The lowest BCUT2D eigenvalue weighted by Crippen LogP contribution is -2.44. The van der Waals surface area contributed by atoms with E-state index in [1.165, 1.54) is 34.4 Å². The van der Waals surface area contributed by atoms with Crippen LogP contribution < -0.4 is 0 Å². The van der Waals surface area contributed by atoms with Crippen LogP contribution in [0.25, 0.3) is 5.57 Å². The smallest absolute Gasteiger partial charge is 0.192 e. The number of benzene rings is 1. The van der Waals surface area contributed by atoms with Gasteiger partial charge in [-0.05, 0) is 89.2 Å². The molecule has 0 radical (unpaired) electrons. The van der Waals surface area contributed by atoms with Crippen molar-refractivity contribution in [1.82, 2.24) is 4.98 Å². The van der Waals surface area contributed by atoms with Gasteiger partial charge in [0.2, 0.25) is 0 Å². The Balaban J connectivity index is 1.99. The van der Waals surface area contributed by atoms with Gasteiger partial charge in [-0.15, -0.1) is 0 Å². The highest BCUT2D eigenvalue weighted by atomic mass is 28.4. The van der Waals surface area contributed by atoms with Crippen molar-refractivity contribution in [2.45, 2.75) is 143 Å². The first-order chi connectivity index (χ1) is 18.3. The molecule has 1 unspecified atom stereocenters. The molecule has 4 rings (SSSR count). The van der Waals surface area contributed by atoms with E-state index in [-0.39, 0.29) is 27.9 Å². The second kappa shape index (κ2) is 10.8. The van der Waals surface area contributed by atoms with Crippen molar-refractivity contribution in [3.05, 3.63) is 69.5 Å². The third-order valence-corrected chi connectivity index (χ3v) is 14.1. The fourth-order valence-corrected chi connectivity index (χ4v) is 7.49. The number of aliphatic hydroxyl groups excluding tert-OH is 1. The molecule has 4 heteroatoms. The van der Waals surface area contributed by atoms with E-state index in [0.29, 0.717) is 0 Å². The van der Waals surface area contributed by atoms with Crippen molar-refractivity contribution in [2.24, 2.45) is 5.41 Å². The molecule has 2 atom stereocenters. The van der Waals surface area contributed by atoms with Gasteiger partial charge in [0.05, 0.1) is 6.10 Å². The van der Waals surface area contributed by atoms with Crippen LogP contribution >= 0.6 is 0 Å². The molecule has 1 aromatic heterocycles. The molecule has 0 bridgehead atoms. The van der Waals surface area contributed by atoms with Crippen molar-refractivity contribution in [1.29, 1.82) is 0 Å². The molecule has 0 saturated heterocycles. The lowest BCUT2D eigenvalue weighted by molar-refractivity contribution is 0.105. The van der Waals surface area contributed by atoms with E-state index in [2.05, 4.69) is 113 Å². The number of fused-ring (bicyclic) bond motifs is 1. The third-order valence-electron chi connectivity index (χ3n) is 9.60. The molecular formula is C36H55NO2Si. The van der Waals surface area contributed by atoms with Crippen LogP contribution in [-0.2, 0) is 16.3 Å². The molecule has 0 aliphatic heterocycles. The summed E-state index contributed by atoms with van der Waals surface area (Å²) < 4.78 is 7.29. The van der Waals surface area contributed by atoms with Crippen molar-refractivity contribution in [3.8, 4) is 0 Å². The summed E-state index contributed by atoms with van der Waals surface area (Å²) in [7, 11) is -2.06. The minimum Gasteiger partial charge on any atom is -0.410 e. The summed E-state index contributed by atoms with van der Waals surface area (Å²) in [5, 5.41) is 12.3. The van der Waals surface area contributed by atoms with Gasteiger partial charge in [0.1, 0.15) is 6.10 Å². The zero-order chi connectivity index (χ0) is 29.8. The van der Waals surface area contributed by atoms with Crippen LogP contribution in [0.1, 0.15) is 152 Å². The normalized spacial score (nSPS) is 20.4. The predicted molar refractivity (Wildman–Crippen MR) is 172 cm³/mol. The first kappa shape index (κ1) is 31.2. The highest BCUT2D eigenvalue weighted by molar-refractivity contribution is 6.74. The topological polar surface area (TPSA) is 42.4 Å². The van der Waals surface area contributed by atoms with Crippen LogP contribution in [0.5, 0.6) is 0 Å². The molecule has 0 fully saturated rings. The lowest BCUT2D eigenvalue weighted by atomic mass is 9.71. The van der Waals surface area contributed by atoms with E-state index in [9.17, 15) is 5.11 Å². The number of aliphatic hydroxyl groups is 1. The summed E-state index contributed by atoms with van der Waals surface area (Å²) in [4.78, 5) is 5.43. The average Bonchev–Trinajstić information content (AvgIpc) is 3.35. The fraction of sp³-hybridized carbons (Fsp3) is 0.639. The Morgan fingerprint density at radius 1 is 1.02 bits per heavy atom. The summed E-state index contributed by atoms with van der Waals surface area (Å²) in [6.07, 6.45) is 6.90. The molecule has 3 nitrogen and oxygen atoms in total. The van der Waals surface area contributed by atoms with Gasteiger partial charge >= 0.3 is 0 Å².